The van der Waals surface area contributed by atoms with E-state index in [4.69, 9.17) is 24.8 Å². The van der Waals surface area contributed by atoms with Crippen LogP contribution in [-0.4, -0.2) is 59.9 Å². The van der Waals surface area contributed by atoms with Gasteiger partial charge in [0.25, 0.3) is 0 Å². The molecule has 0 fully saturated rings. The SMILES string of the molecule is CC/C=C/C/C=C/C/C=C/C/C=C/C/C=C/C/C=C/CCC(=O)O[C@H](COC(=O)CCCCCCC/C=C/C/C=C/CCCC)COP(=O)(O)OC[C@H](N)C(=O)O. The quantitative estimate of drug-likeness (QED) is 0.0236. The van der Waals surface area contributed by atoms with Crippen molar-refractivity contribution in [3.05, 3.63) is 97.2 Å². The van der Waals surface area contributed by atoms with Crippen LogP contribution in [0.1, 0.15) is 136 Å². The number of carboxylic acid groups (broad SMARTS) is 1. The summed E-state index contributed by atoms with van der Waals surface area (Å²) in [6.07, 6.45) is 49.2. The van der Waals surface area contributed by atoms with Crippen molar-refractivity contribution >= 4 is 25.7 Å². The lowest BCUT2D eigenvalue weighted by atomic mass is 10.1. The van der Waals surface area contributed by atoms with Crippen LogP contribution in [0.4, 0.5) is 0 Å². The van der Waals surface area contributed by atoms with Crippen LogP contribution < -0.4 is 5.73 Å². The van der Waals surface area contributed by atoms with Crippen molar-refractivity contribution in [3.63, 3.8) is 0 Å². The summed E-state index contributed by atoms with van der Waals surface area (Å²) in [6.45, 7) is 2.53. The Morgan fingerprint density at radius 1 is 0.561 bits per heavy atom. The third-order valence-corrected chi connectivity index (χ3v) is 9.03. The third kappa shape index (κ3) is 39.0. The van der Waals surface area contributed by atoms with Crippen molar-refractivity contribution in [2.45, 2.75) is 148 Å². The van der Waals surface area contributed by atoms with Gasteiger partial charge in [-0.25, -0.2) is 4.57 Å². The minimum atomic E-state index is -4.74. The zero-order chi connectivity index (χ0) is 42.1. The molecule has 0 bridgehead atoms. The van der Waals surface area contributed by atoms with Gasteiger partial charge in [0, 0.05) is 12.8 Å². The van der Waals surface area contributed by atoms with Gasteiger partial charge >= 0.3 is 25.7 Å². The van der Waals surface area contributed by atoms with Gasteiger partial charge in [0.15, 0.2) is 6.10 Å². The van der Waals surface area contributed by atoms with Crippen LogP contribution >= 0.6 is 7.82 Å². The number of unbranched alkanes of at least 4 members (excludes halogenated alkanes) is 7. The van der Waals surface area contributed by atoms with Crippen molar-refractivity contribution in [1.29, 1.82) is 0 Å². The standard InChI is InChI=1S/C45H72NO10P/c1-3-5-7-9-11-13-15-17-19-20-21-22-23-25-27-29-31-33-35-37-44(48)56-41(39-54-57(51,52)55-40-42(46)45(49)50)38-53-43(47)36-34-32-30-28-26-24-18-16-14-12-10-8-6-4-2/h5,7,10-13,16-19,21-22,25,27,31,33,41-42H,3-4,6,8-9,14-15,20,23-24,26,28-30,32,34-40,46H2,1-2H3,(H,49,50)(H,51,52)/b7-5+,12-10+,13-11+,18-16+,19-17+,22-21+,27-25+,33-31+/t41-,42+/m1/s1. The van der Waals surface area contributed by atoms with Crippen LogP contribution in [0.5, 0.6) is 0 Å². The average molecular weight is 818 g/mol. The van der Waals surface area contributed by atoms with Crippen LogP contribution in [0.25, 0.3) is 0 Å². The second kappa shape index (κ2) is 39.2. The number of phosphoric ester groups is 1. The van der Waals surface area contributed by atoms with Crippen molar-refractivity contribution in [2.24, 2.45) is 5.73 Å². The lowest BCUT2D eigenvalue weighted by molar-refractivity contribution is -0.161. The number of carbonyl (C=O) groups excluding carboxylic acids is 2. The normalized spacial score (nSPS) is 14.7. The van der Waals surface area contributed by atoms with E-state index in [0.29, 0.717) is 19.3 Å². The van der Waals surface area contributed by atoms with E-state index in [1.54, 1.807) is 0 Å². The fourth-order valence-electron chi connectivity index (χ4n) is 4.81. The Balaban J connectivity index is 4.57. The highest BCUT2D eigenvalue weighted by atomic mass is 31.2. The van der Waals surface area contributed by atoms with Gasteiger partial charge in [-0.2, -0.15) is 0 Å². The van der Waals surface area contributed by atoms with Gasteiger partial charge in [-0.15, -0.1) is 0 Å². The molecule has 0 spiro atoms. The Labute approximate surface area is 343 Å². The van der Waals surface area contributed by atoms with E-state index in [0.717, 1.165) is 77.0 Å². The summed E-state index contributed by atoms with van der Waals surface area (Å²) in [5, 5.41) is 8.88. The maximum Gasteiger partial charge on any atom is 0.472 e. The fraction of sp³-hybridized carbons (Fsp3) is 0.578. The van der Waals surface area contributed by atoms with E-state index in [1.807, 2.05) is 18.2 Å². The minimum absolute atomic E-state index is 0.0270. The first-order chi connectivity index (χ1) is 27.6. The number of hydrogen-bond donors (Lipinski definition) is 3. The van der Waals surface area contributed by atoms with Gasteiger partial charge in [-0.05, 0) is 77.0 Å². The summed E-state index contributed by atoms with van der Waals surface area (Å²) in [4.78, 5) is 45.9. The molecule has 0 saturated carbocycles. The Morgan fingerprint density at radius 3 is 1.54 bits per heavy atom. The summed E-state index contributed by atoms with van der Waals surface area (Å²) >= 11 is 0. The Kier molecular flexibility index (Phi) is 36.8. The molecule has 4 N–H and O–H groups in total. The van der Waals surface area contributed by atoms with Gasteiger partial charge < -0.3 is 25.2 Å². The van der Waals surface area contributed by atoms with Crippen molar-refractivity contribution in [1.82, 2.24) is 0 Å². The molecule has 12 heteroatoms. The van der Waals surface area contributed by atoms with Gasteiger partial charge in [0.05, 0.1) is 13.2 Å². The fourth-order valence-corrected chi connectivity index (χ4v) is 5.59. The maximum atomic E-state index is 12.6. The molecule has 0 saturated heterocycles. The second-order valence-electron chi connectivity index (χ2n) is 13.4. The molecule has 57 heavy (non-hydrogen) atoms. The molecule has 0 rings (SSSR count). The van der Waals surface area contributed by atoms with E-state index in [2.05, 4.69) is 97.4 Å². The zero-order valence-corrected chi connectivity index (χ0v) is 35.5. The molecule has 0 aromatic heterocycles. The summed E-state index contributed by atoms with van der Waals surface area (Å²) in [6, 6.07) is -1.54. The number of rotatable bonds is 37. The molecule has 0 radical (unpaired) electrons. The van der Waals surface area contributed by atoms with E-state index >= 15 is 0 Å². The molecule has 3 atom stereocenters. The monoisotopic (exact) mass is 817 g/mol. The highest BCUT2D eigenvalue weighted by molar-refractivity contribution is 7.47. The number of hydrogen-bond acceptors (Lipinski definition) is 9. The first kappa shape index (κ1) is 53.4. The summed E-state index contributed by atoms with van der Waals surface area (Å²) in [5.74, 6) is -2.52. The van der Waals surface area contributed by atoms with Crippen LogP contribution in [0.2, 0.25) is 0 Å². The summed E-state index contributed by atoms with van der Waals surface area (Å²) < 4.78 is 32.5. The van der Waals surface area contributed by atoms with Gasteiger partial charge in [-0.1, -0.05) is 143 Å². The van der Waals surface area contributed by atoms with E-state index in [-0.39, 0.29) is 19.4 Å². The topological polar surface area (TPSA) is 172 Å². The maximum absolute atomic E-state index is 12.6. The van der Waals surface area contributed by atoms with Crippen LogP contribution in [-0.2, 0) is 37.5 Å². The lowest BCUT2D eigenvalue weighted by Gasteiger charge is -2.20. The molecule has 0 amide bonds. The first-order valence-corrected chi connectivity index (χ1v) is 22.3. The molecule has 322 valence electrons. The molecule has 0 aliphatic rings. The van der Waals surface area contributed by atoms with Gasteiger partial charge in [0.2, 0.25) is 0 Å². The lowest BCUT2D eigenvalue weighted by Crippen LogP contribution is -2.34. The first-order valence-electron chi connectivity index (χ1n) is 20.8. The minimum Gasteiger partial charge on any atom is -0.480 e. The second-order valence-corrected chi connectivity index (χ2v) is 14.8. The smallest absolute Gasteiger partial charge is 0.472 e. The Hall–Kier alpha value is -3.60. The number of carbonyl (C=O) groups is 3. The average Bonchev–Trinajstić information content (AvgIpc) is 3.19. The van der Waals surface area contributed by atoms with Gasteiger partial charge in [-0.3, -0.25) is 23.4 Å². The number of phosphoric acid groups is 1. The summed E-state index contributed by atoms with van der Waals surface area (Å²) in [7, 11) is -4.74. The molecule has 11 nitrogen and oxygen atoms in total. The van der Waals surface area contributed by atoms with Crippen molar-refractivity contribution < 1.29 is 47.5 Å². The predicted molar refractivity (Wildman–Crippen MR) is 230 cm³/mol. The molecule has 1 unspecified atom stereocenters. The Bertz CT molecular complexity index is 1330. The largest absolute Gasteiger partial charge is 0.480 e. The number of esters is 2. The molecule has 0 heterocycles. The van der Waals surface area contributed by atoms with Crippen molar-refractivity contribution in [3.8, 4) is 0 Å². The molecular formula is C45H72NO10P. The Morgan fingerprint density at radius 2 is 1.02 bits per heavy atom. The number of allylic oxidation sites excluding steroid dienone is 16. The van der Waals surface area contributed by atoms with Crippen LogP contribution in [0.3, 0.4) is 0 Å². The van der Waals surface area contributed by atoms with E-state index in [1.165, 1.54) is 12.8 Å². The third-order valence-electron chi connectivity index (χ3n) is 8.08. The molecule has 0 aliphatic heterocycles. The number of nitrogens with two attached hydrogens (primary N) is 1. The van der Waals surface area contributed by atoms with Crippen LogP contribution in [0.15, 0.2) is 97.2 Å². The molecular weight excluding hydrogens is 745 g/mol. The van der Waals surface area contributed by atoms with E-state index in [9.17, 15) is 23.8 Å². The summed E-state index contributed by atoms with van der Waals surface area (Å²) in [5.41, 5.74) is 5.32. The molecule has 0 aromatic carbocycles. The highest BCUT2D eigenvalue weighted by Crippen LogP contribution is 2.43. The van der Waals surface area contributed by atoms with Gasteiger partial charge in [0.1, 0.15) is 12.6 Å². The van der Waals surface area contributed by atoms with Crippen LogP contribution in [0, 0.1) is 0 Å². The molecule has 0 aliphatic carbocycles. The highest BCUT2D eigenvalue weighted by Gasteiger charge is 2.28. The zero-order valence-electron chi connectivity index (χ0n) is 34.6. The van der Waals surface area contributed by atoms with E-state index < -0.39 is 51.1 Å². The molecule has 0 aromatic rings. The number of carboxylic acids is 1. The number of ether oxygens (including phenoxy) is 2. The van der Waals surface area contributed by atoms with Crippen molar-refractivity contribution in [2.75, 3.05) is 19.8 Å². The number of aliphatic carboxylic acids is 1. The predicted octanol–water partition coefficient (Wildman–Crippen LogP) is 10.9.